The molecule has 0 aliphatic rings. The molecule has 0 N–H and O–H groups in total. The molecule has 0 saturated carbocycles. The number of hydrogen-bond donors (Lipinski definition) is 0. The summed E-state index contributed by atoms with van der Waals surface area (Å²) >= 11 is 0. The fourth-order valence-corrected chi connectivity index (χ4v) is 1.71. The Labute approximate surface area is 92.2 Å². The van der Waals surface area contributed by atoms with Crippen molar-refractivity contribution in [1.82, 2.24) is 4.98 Å². The van der Waals surface area contributed by atoms with Crippen molar-refractivity contribution in [3.63, 3.8) is 0 Å². The molecule has 0 spiro atoms. The number of benzene rings is 1. The van der Waals surface area contributed by atoms with Crippen molar-refractivity contribution in [2.24, 2.45) is 0 Å². The average Bonchev–Trinajstić information content (AvgIpc) is 2.15. The van der Waals surface area contributed by atoms with Gasteiger partial charge in [-0.3, -0.25) is 4.98 Å². The smallest absolute Gasteiger partial charge is 0.0739 e. The fourth-order valence-electron chi connectivity index (χ4n) is 1.71. The molecule has 1 aromatic heterocycles. The normalized spacial score (nSPS) is 11.1. The lowest BCUT2D eigenvalue weighted by molar-refractivity contribution is 0.594. The van der Waals surface area contributed by atoms with Crippen molar-refractivity contribution in [3.8, 4) is 0 Å². The second kappa shape index (κ2) is 4.01. The Morgan fingerprint density at radius 1 is 1.00 bits per heavy atom. The predicted molar refractivity (Wildman–Crippen MR) is 67.2 cm³/mol. The van der Waals surface area contributed by atoms with Gasteiger partial charge in [0.25, 0.3) is 0 Å². The SMILES string of the molecule is C.CC(C)(C)c1cccc2cccnc12. The van der Waals surface area contributed by atoms with Crippen LogP contribution in [0.5, 0.6) is 0 Å². The molecule has 0 atom stereocenters. The van der Waals surface area contributed by atoms with Crippen LogP contribution >= 0.6 is 0 Å². The minimum absolute atomic E-state index is 0. The number of pyridine rings is 1. The molecule has 1 nitrogen and oxygen atoms in total. The molecular weight excluding hydrogens is 182 g/mol. The summed E-state index contributed by atoms with van der Waals surface area (Å²) in [6, 6.07) is 10.5. The van der Waals surface area contributed by atoms with Crippen molar-refractivity contribution in [2.45, 2.75) is 33.6 Å². The predicted octanol–water partition coefficient (Wildman–Crippen LogP) is 4.17. The van der Waals surface area contributed by atoms with Crippen molar-refractivity contribution >= 4 is 10.9 Å². The Balaban J connectivity index is 0.00000112. The number of fused-ring (bicyclic) bond motifs is 1. The highest BCUT2D eigenvalue weighted by Gasteiger charge is 2.16. The van der Waals surface area contributed by atoms with E-state index in [-0.39, 0.29) is 12.8 Å². The quantitative estimate of drug-likeness (QED) is 0.623. The van der Waals surface area contributed by atoms with E-state index >= 15 is 0 Å². The molecule has 1 heteroatoms. The summed E-state index contributed by atoms with van der Waals surface area (Å²) in [4.78, 5) is 4.45. The summed E-state index contributed by atoms with van der Waals surface area (Å²) in [5, 5.41) is 1.22. The van der Waals surface area contributed by atoms with Gasteiger partial charge in [0.1, 0.15) is 0 Å². The van der Waals surface area contributed by atoms with Gasteiger partial charge in [0.05, 0.1) is 5.52 Å². The van der Waals surface area contributed by atoms with E-state index in [2.05, 4.69) is 50.0 Å². The lowest BCUT2D eigenvalue weighted by Gasteiger charge is -2.20. The van der Waals surface area contributed by atoms with E-state index in [9.17, 15) is 0 Å². The van der Waals surface area contributed by atoms with Crippen LogP contribution in [-0.2, 0) is 5.41 Å². The molecule has 0 saturated heterocycles. The standard InChI is InChI=1S/C13H15N.CH4/c1-13(2,3)11-8-4-6-10-7-5-9-14-12(10)11;/h4-9H,1-3H3;1H4. The highest BCUT2D eigenvalue weighted by Crippen LogP contribution is 2.27. The number of rotatable bonds is 0. The third-order valence-electron chi connectivity index (χ3n) is 2.44. The van der Waals surface area contributed by atoms with Crippen LogP contribution in [-0.4, -0.2) is 4.98 Å². The summed E-state index contributed by atoms with van der Waals surface area (Å²) in [5.41, 5.74) is 2.60. The van der Waals surface area contributed by atoms with E-state index in [1.165, 1.54) is 10.9 Å². The van der Waals surface area contributed by atoms with Crippen molar-refractivity contribution in [3.05, 3.63) is 42.1 Å². The number of aromatic nitrogens is 1. The zero-order valence-corrected chi connectivity index (χ0v) is 8.91. The molecule has 15 heavy (non-hydrogen) atoms. The second-order valence-electron chi connectivity index (χ2n) is 4.63. The molecule has 80 valence electrons. The third kappa shape index (κ3) is 2.17. The number of para-hydroxylation sites is 1. The molecule has 0 amide bonds. The van der Waals surface area contributed by atoms with Gasteiger partial charge in [0.15, 0.2) is 0 Å². The Kier molecular flexibility index (Phi) is 3.13. The maximum atomic E-state index is 4.45. The minimum Gasteiger partial charge on any atom is -0.256 e. The van der Waals surface area contributed by atoms with Gasteiger partial charge < -0.3 is 0 Å². The lowest BCUT2D eigenvalue weighted by atomic mass is 9.85. The van der Waals surface area contributed by atoms with E-state index in [4.69, 9.17) is 0 Å². The highest BCUT2D eigenvalue weighted by atomic mass is 14.7. The fraction of sp³-hybridized carbons (Fsp3) is 0.357. The molecular formula is C14H19N. The van der Waals surface area contributed by atoms with Crippen molar-refractivity contribution in [1.29, 1.82) is 0 Å². The van der Waals surface area contributed by atoms with E-state index in [1.807, 2.05) is 12.3 Å². The van der Waals surface area contributed by atoms with Crippen LogP contribution in [0.2, 0.25) is 0 Å². The molecule has 0 unspecified atom stereocenters. The molecule has 1 heterocycles. The van der Waals surface area contributed by atoms with Crippen LogP contribution in [0.15, 0.2) is 36.5 Å². The molecule has 2 rings (SSSR count). The van der Waals surface area contributed by atoms with E-state index < -0.39 is 0 Å². The second-order valence-corrected chi connectivity index (χ2v) is 4.63. The van der Waals surface area contributed by atoms with Crippen LogP contribution in [0.3, 0.4) is 0 Å². The minimum atomic E-state index is 0. The zero-order chi connectivity index (χ0) is 10.2. The molecule has 0 radical (unpaired) electrons. The Morgan fingerprint density at radius 3 is 2.33 bits per heavy atom. The first-order valence-electron chi connectivity index (χ1n) is 4.93. The number of hydrogen-bond acceptors (Lipinski definition) is 1. The van der Waals surface area contributed by atoms with Gasteiger partial charge in [-0.1, -0.05) is 52.5 Å². The van der Waals surface area contributed by atoms with Crippen LogP contribution in [0.1, 0.15) is 33.8 Å². The molecule has 0 fully saturated rings. The molecule has 0 aliphatic carbocycles. The molecule has 0 aliphatic heterocycles. The third-order valence-corrected chi connectivity index (χ3v) is 2.44. The first-order valence-corrected chi connectivity index (χ1v) is 4.93. The van der Waals surface area contributed by atoms with Gasteiger partial charge >= 0.3 is 0 Å². The summed E-state index contributed by atoms with van der Waals surface area (Å²) in [6.07, 6.45) is 1.86. The topological polar surface area (TPSA) is 12.9 Å². The van der Waals surface area contributed by atoms with Crippen LogP contribution in [0, 0.1) is 0 Å². The largest absolute Gasteiger partial charge is 0.256 e. The van der Waals surface area contributed by atoms with Gasteiger partial charge in [-0.2, -0.15) is 0 Å². The van der Waals surface area contributed by atoms with Crippen LogP contribution in [0.25, 0.3) is 10.9 Å². The van der Waals surface area contributed by atoms with Gasteiger partial charge in [0.2, 0.25) is 0 Å². The Hall–Kier alpha value is -1.37. The number of nitrogens with zero attached hydrogens (tertiary/aromatic N) is 1. The Bertz CT molecular complexity index is 447. The lowest BCUT2D eigenvalue weighted by Crippen LogP contribution is -2.11. The summed E-state index contributed by atoms with van der Waals surface area (Å²) in [7, 11) is 0. The summed E-state index contributed by atoms with van der Waals surface area (Å²) in [6.45, 7) is 6.66. The van der Waals surface area contributed by atoms with Crippen molar-refractivity contribution < 1.29 is 0 Å². The van der Waals surface area contributed by atoms with E-state index in [0.717, 1.165) is 5.52 Å². The van der Waals surface area contributed by atoms with Gasteiger partial charge in [0, 0.05) is 11.6 Å². The molecule has 1 aromatic carbocycles. The maximum Gasteiger partial charge on any atom is 0.0739 e. The zero-order valence-electron chi connectivity index (χ0n) is 8.91. The van der Waals surface area contributed by atoms with Crippen molar-refractivity contribution in [2.75, 3.05) is 0 Å². The summed E-state index contributed by atoms with van der Waals surface area (Å²) < 4.78 is 0. The van der Waals surface area contributed by atoms with Gasteiger partial charge in [-0.05, 0) is 17.0 Å². The van der Waals surface area contributed by atoms with Crippen LogP contribution in [0.4, 0.5) is 0 Å². The van der Waals surface area contributed by atoms with Crippen LogP contribution < -0.4 is 0 Å². The molecule has 0 bridgehead atoms. The maximum absolute atomic E-state index is 4.45. The van der Waals surface area contributed by atoms with Gasteiger partial charge in [-0.25, -0.2) is 0 Å². The molecule has 2 aromatic rings. The first-order chi connectivity index (χ1) is 6.59. The average molecular weight is 201 g/mol. The van der Waals surface area contributed by atoms with Gasteiger partial charge in [-0.15, -0.1) is 0 Å². The van der Waals surface area contributed by atoms with E-state index in [1.54, 1.807) is 0 Å². The van der Waals surface area contributed by atoms with E-state index in [0.29, 0.717) is 0 Å². The Morgan fingerprint density at radius 2 is 1.67 bits per heavy atom. The summed E-state index contributed by atoms with van der Waals surface area (Å²) in [5.74, 6) is 0. The first kappa shape index (κ1) is 11.7. The highest BCUT2D eigenvalue weighted by molar-refractivity contribution is 5.82. The monoisotopic (exact) mass is 201 g/mol.